The molecule has 0 atom stereocenters. The van der Waals surface area contributed by atoms with Crippen molar-refractivity contribution in [1.82, 2.24) is 5.32 Å². The summed E-state index contributed by atoms with van der Waals surface area (Å²) in [5.74, 6) is 1.24. The summed E-state index contributed by atoms with van der Waals surface area (Å²) in [6.07, 6.45) is 3.72. The molecule has 0 saturated heterocycles. The SMILES string of the molecule is CC(C)c1ccc(CCCCNC(C)(C)C)c(C(C)C)c1. The van der Waals surface area contributed by atoms with Crippen LogP contribution in [0.4, 0.5) is 0 Å². The van der Waals surface area contributed by atoms with Crippen LogP contribution in [0.1, 0.15) is 89.8 Å². The van der Waals surface area contributed by atoms with Gasteiger partial charge in [0.2, 0.25) is 0 Å². The summed E-state index contributed by atoms with van der Waals surface area (Å²) < 4.78 is 0. The Balaban J connectivity index is 2.58. The molecule has 1 aromatic rings. The van der Waals surface area contributed by atoms with Crippen molar-refractivity contribution in [1.29, 1.82) is 0 Å². The molecule has 0 aromatic heterocycles. The van der Waals surface area contributed by atoms with Crippen LogP contribution in [0.25, 0.3) is 0 Å². The van der Waals surface area contributed by atoms with Gasteiger partial charge in [0.1, 0.15) is 0 Å². The number of hydrogen-bond acceptors (Lipinski definition) is 1. The van der Waals surface area contributed by atoms with Gasteiger partial charge in [0.05, 0.1) is 0 Å². The molecular weight excluding hydrogens is 254 g/mol. The van der Waals surface area contributed by atoms with Crippen molar-refractivity contribution in [3.8, 4) is 0 Å². The predicted molar refractivity (Wildman–Crippen MR) is 95.3 cm³/mol. The van der Waals surface area contributed by atoms with E-state index in [1.807, 2.05) is 0 Å². The average molecular weight is 290 g/mol. The van der Waals surface area contributed by atoms with Crippen LogP contribution < -0.4 is 5.32 Å². The lowest BCUT2D eigenvalue weighted by Crippen LogP contribution is -2.36. The number of nitrogens with one attached hydrogen (secondary N) is 1. The van der Waals surface area contributed by atoms with Crippen molar-refractivity contribution in [2.24, 2.45) is 0 Å². The molecule has 0 fully saturated rings. The number of hydrogen-bond donors (Lipinski definition) is 1. The highest BCUT2D eigenvalue weighted by Crippen LogP contribution is 2.26. The Morgan fingerprint density at radius 2 is 1.62 bits per heavy atom. The van der Waals surface area contributed by atoms with Crippen molar-refractivity contribution < 1.29 is 0 Å². The summed E-state index contributed by atoms with van der Waals surface area (Å²) in [6.45, 7) is 17.0. The quantitative estimate of drug-likeness (QED) is 0.640. The van der Waals surface area contributed by atoms with Crippen molar-refractivity contribution in [2.45, 2.75) is 85.1 Å². The van der Waals surface area contributed by atoms with Gasteiger partial charge in [0.15, 0.2) is 0 Å². The second-order valence-corrected chi connectivity index (χ2v) is 7.90. The third kappa shape index (κ3) is 6.65. The Hall–Kier alpha value is -0.820. The number of unbranched alkanes of at least 4 members (excludes halogenated alkanes) is 1. The summed E-state index contributed by atoms with van der Waals surface area (Å²) in [4.78, 5) is 0. The Labute approximate surface area is 132 Å². The van der Waals surface area contributed by atoms with Crippen molar-refractivity contribution >= 4 is 0 Å². The molecule has 0 saturated carbocycles. The van der Waals surface area contributed by atoms with Gasteiger partial charge in [-0.2, -0.15) is 0 Å². The van der Waals surface area contributed by atoms with Crippen molar-refractivity contribution in [2.75, 3.05) is 6.54 Å². The molecule has 0 aliphatic heterocycles. The molecule has 1 N–H and O–H groups in total. The van der Waals surface area contributed by atoms with E-state index in [0.717, 1.165) is 6.54 Å². The molecule has 0 bridgehead atoms. The number of rotatable bonds is 7. The smallest absolute Gasteiger partial charge is 0.00965 e. The summed E-state index contributed by atoms with van der Waals surface area (Å²) in [6, 6.07) is 7.11. The zero-order valence-electron chi connectivity index (χ0n) is 15.2. The fourth-order valence-corrected chi connectivity index (χ4v) is 2.64. The molecule has 1 nitrogen and oxygen atoms in total. The molecule has 0 aliphatic rings. The van der Waals surface area contributed by atoms with E-state index in [2.05, 4.69) is 72.0 Å². The summed E-state index contributed by atoms with van der Waals surface area (Å²) in [5, 5.41) is 3.57. The molecule has 120 valence electrons. The lowest BCUT2D eigenvalue weighted by atomic mass is 9.89. The first-order valence-corrected chi connectivity index (χ1v) is 8.58. The minimum atomic E-state index is 0.238. The van der Waals surface area contributed by atoms with Gasteiger partial charge in [-0.15, -0.1) is 0 Å². The maximum Gasteiger partial charge on any atom is 0.00965 e. The predicted octanol–water partition coefficient (Wildman–Crippen LogP) is 5.64. The van der Waals surface area contributed by atoms with Crippen molar-refractivity contribution in [3.05, 3.63) is 34.9 Å². The van der Waals surface area contributed by atoms with Gasteiger partial charge in [-0.05, 0) is 75.1 Å². The molecule has 1 rings (SSSR count). The highest BCUT2D eigenvalue weighted by Gasteiger charge is 2.10. The lowest BCUT2D eigenvalue weighted by Gasteiger charge is -2.20. The minimum Gasteiger partial charge on any atom is -0.312 e. The van der Waals surface area contributed by atoms with E-state index in [9.17, 15) is 0 Å². The summed E-state index contributed by atoms with van der Waals surface area (Å²) >= 11 is 0. The first kappa shape index (κ1) is 18.2. The maximum atomic E-state index is 3.57. The Morgan fingerprint density at radius 1 is 0.952 bits per heavy atom. The normalized spacial score (nSPS) is 12.4. The Kier molecular flexibility index (Phi) is 6.93. The van der Waals surface area contributed by atoms with Crippen LogP contribution in [0.15, 0.2) is 18.2 Å². The molecule has 1 heteroatoms. The van der Waals surface area contributed by atoms with E-state index in [-0.39, 0.29) is 5.54 Å². The zero-order chi connectivity index (χ0) is 16.0. The first-order chi connectivity index (χ1) is 9.70. The van der Waals surface area contributed by atoms with E-state index in [4.69, 9.17) is 0 Å². The van der Waals surface area contributed by atoms with Gasteiger partial charge in [0, 0.05) is 5.54 Å². The van der Waals surface area contributed by atoms with E-state index >= 15 is 0 Å². The van der Waals surface area contributed by atoms with Crippen LogP contribution in [0.3, 0.4) is 0 Å². The molecular formula is C20H35N. The van der Waals surface area contributed by atoms with Crippen LogP contribution in [-0.4, -0.2) is 12.1 Å². The first-order valence-electron chi connectivity index (χ1n) is 8.58. The van der Waals surface area contributed by atoms with Crippen molar-refractivity contribution in [3.63, 3.8) is 0 Å². The van der Waals surface area contributed by atoms with Crippen LogP contribution in [-0.2, 0) is 6.42 Å². The highest BCUT2D eigenvalue weighted by molar-refractivity contribution is 5.35. The largest absolute Gasteiger partial charge is 0.312 e. The third-order valence-electron chi connectivity index (χ3n) is 3.99. The maximum absolute atomic E-state index is 3.57. The molecule has 1 aromatic carbocycles. The fraction of sp³-hybridized carbons (Fsp3) is 0.700. The second-order valence-electron chi connectivity index (χ2n) is 7.90. The van der Waals surface area contributed by atoms with Crippen LogP contribution >= 0.6 is 0 Å². The average Bonchev–Trinajstić information content (AvgIpc) is 2.36. The zero-order valence-corrected chi connectivity index (χ0v) is 15.2. The van der Waals surface area contributed by atoms with Gasteiger partial charge in [0.25, 0.3) is 0 Å². The van der Waals surface area contributed by atoms with Gasteiger partial charge < -0.3 is 5.32 Å². The van der Waals surface area contributed by atoms with Gasteiger partial charge in [-0.3, -0.25) is 0 Å². The van der Waals surface area contributed by atoms with E-state index < -0.39 is 0 Å². The molecule has 0 unspecified atom stereocenters. The van der Waals surface area contributed by atoms with E-state index in [0.29, 0.717) is 11.8 Å². The fourth-order valence-electron chi connectivity index (χ4n) is 2.64. The number of benzene rings is 1. The molecule has 0 amide bonds. The van der Waals surface area contributed by atoms with E-state index in [1.165, 1.54) is 24.8 Å². The van der Waals surface area contributed by atoms with Crippen LogP contribution in [0.5, 0.6) is 0 Å². The Bertz CT molecular complexity index is 424. The summed E-state index contributed by atoms with van der Waals surface area (Å²) in [5.41, 5.74) is 4.80. The van der Waals surface area contributed by atoms with E-state index in [1.54, 1.807) is 11.1 Å². The molecule has 0 aliphatic carbocycles. The Morgan fingerprint density at radius 3 is 2.14 bits per heavy atom. The molecule has 0 heterocycles. The van der Waals surface area contributed by atoms with Gasteiger partial charge in [-0.1, -0.05) is 45.9 Å². The second kappa shape index (κ2) is 7.98. The highest BCUT2D eigenvalue weighted by atomic mass is 14.9. The summed E-state index contributed by atoms with van der Waals surface area (Å²) in [7, 11) is 0. The number of aryl methyl sites for hydroxylation is 1. The molecule has 0 spiro atoms. The topological polar surface area (TPSA) is 12.0 Å². The molecule has 0 radical (unpaired) electrons. The third-order valence-corrected chi connectivity index (χ3v) is 3.99. The van der Waals surface area contributed by atoms with Gasteiger partial charge >= 0.3 is 0 Å². The minimum absolute atomic E-state index is 0.238. The molecule has 21 heavy (non-hydrogen) atoms. The van der Waals surface area contributed by atoms with Crippen LogP contribution in [0, 0.1) is 0 Å². The monoisotopic (exact) mass is 289 g/mol. The van der Waals surface area contributed by atoms with Gasteiger partial charge in [-0.25, -0.2) is 0 Å². The standard InChI is InChI=1S/C20H35N/c1-15(2)18-12-11-17(19(14-18)16(3)4)10-8-9-13-21-20(5,6)7/h11-12,14-16,21H,8-10,13H2,1-7H3. The van der Waals surface area contributed by atoms with Crippen LogP contribution in [0.2, 0.25) is 0 Å². The lowest BCUT2D eigenvalue weighted by molar-refractivity contribution is 0.419.